The molecule has 5 heteroatoms. The van der Waals surface area contributed by atoms with Crippen molar-refractivity contribution >= 4 is 11.6 Å². The molecule has 1 heterocycles. The van der Waals surface area contributed by atoms with Crippen molar-refractivity contribution < 1.29 is 0 Å². The van der Waals surface area contributed by atoms with Crippen molar-refractivity contribution in [2.24, 2.45) is 0 Å². The molecule has 0 aromatic carbocycles. The van der Waals surface area contributed by atoms with Crippen molar-refractivity contribution in [1.82, 2.24) is 9.97 Å². The summed E-state index contributed by atoms with van der Waals surface area (Å²) >= 11 is 0. The van der Waals surface area contributed by atoms with Crippen LogP contribution < -0.4 is 10.2 Å². The van der Waals surface area contributed by atoms with Gasteiger partial charge in [0.2, 0.25) is 0 Å². The number of nitriles is 1. The van der Waals surface area contributed by atoms with Crippen LogP contribution in [0, 0.1) is 11.3 Å². The van der Waals surface area contributed by atoms with Crippen molar-refractivity contribution in [2.45, 2.75) is 19.8 Å². The first-order valence-corrected chi connectivity index (χ1v) is 5.35. The Morgan fingerprint density at radius 1 is 1.50 bits per heavy atom. The number of nitrogens with zero attached hydrogens (tertiary/aromatic N) is 4. The predicted octanol–water partition coefficient (Wildman–Crippen LogP) is 1.43. The second-order valence-corrected chi connectivity index (χ2v) is 3.46. The molecule has 16 heavy (non-hydrogen) atoms. The minimum absolute atomic E-state index is 0.497. The maximum atomic E-state index is 8.54. The minimum Gasteiger partial charge on any atom is -0.373 e. The first kappa shape index (κ1) is 12.2. The number of anilines is 2. The molecule has 0 amide bonds. The van der Waals surface area contributed by atoms with Gasteiger partial charge in [0.15, 0.2) is 0 Å². The van der Waals surface area contributed by atoms with Gasteiger partial charge in [-0.25, -0.2) is 9.97 Å². The van der Waals surface area contributed by atoms with E-state index in [9.17, 15) is 0 Å². The van der Waals surface area contributed by atoms with Gasteiger partial charge in [-0.2, -0.15) is 5.26 Å². The summed E-state index contributed by atoms with van der Waals surface area (Å²) in [6, 6.07) is 4.01. The summed E-state index contributed by atoms with van der Waals surface area (Å²) < 4.78 is 0. The van der Waals surface area contributed by atoms with E-state index in [4.69, 9.17) is 5.26 Å². The van der Waals surface area contributed by atoms with Crippen molar-refractivity contribution in [1.29, 1.82) is 5.26 Å². The molecule has 0 saturated carbocycles. The van der Waals surface area contributed by atoms with Gasteiger partial charge in [-0.15, -0.1) is 0 Å². The smallest absolute Gasteiger partial charge is 0.134 e. The molecule has 0 bridgehead atoms. The van der Waals surface area contributed by atoms with E-state index in [-0.39, 0.29) is 0 Å². The van der Waals surface area contributed by atoms with Gasteiger partial charge in [0.1, 0.15) is 17.5 Å². The fraction of sp³-hybridized carbons (Fsp3) is 0.545. The lowest BCUT2D eigenvalue weighted by Crippen LogP contribution is -2.20. The lowest BCUT2D eigenvalue weighted by atomic mass is 10.3. The molecule has 86 valence electrons. The second-order valence-electron chi connectivity index (χ2n) is 3.46. The molecule has 0 radical (unpaired) electrons. The highest BCUT2D eigenvalue weighted by molar-refractivity contribution is 5.48. The van der Waals surface area contributed by atoms with Crippen molar-refractivity contribution in [3.05, 3.63) is 11.9 Å². The normalized spacial score (nSPS) is 9.62. The number of nitrogens with one attached hydrogen (secondary N) is 1. The van der Waals surface area contributed by atoms with Crippen molar-refractivity contribution in [2.75, 3.05) is 30.9 Å². The SMILES string of the molecule is CCc1nc(NC)cc(N(C)CCC#N)n1. The largest absolute Gasteiger partial charge is 0.373 e. The Hall–Kier alpha value is -1.83. The standard InChI is InChI=1S/C11H17N5/c1-4-9-14-10(13-2)8-11(15-9)16(3)7-5-6-12/h8H,4-5,7H2,1-3H3,(H,13,14,15). The van der Waals surface area contributed by atoms with Gasteiger partial charge in [-0.1, -0.05) is 6.92 Å². The van der Waals surface area contributed by atoms with E-state index in [1.807, 2.05) is 32.0 Å². The first-order valence-electron chi connectivity index (χ1n) is 5.35. The van der Waals surface area contributed by atoms with Crippen LogP contribution in [0.4, 0.5) is 11.6 Å². The summed E-state index contributed by atoms with van der Waals surface area (Å²) in [5.74, 6) is 2.47. The van der Waals surface area contributed by atoms with Crippen molar-refractivity contribution in [3.8, 4) is 6.07 Å². The summed E-state index contributed by atoms with van der Waals surface area (Å²) in [6.45, 7) is 2.70. The highest BCUT2D eigenvalue weighted by Gasteiger charge is 2.06. The van der Waals surface area contributed by atoms with Crippen LogP contribution in [0.25, 0.3) is 0 Å². The molecule has 0 aliphatic rings. The number of rotatable bonds is 5. The Morgan fingerprint density at radius 2 is 2.25 bits per heavy atom. The molecule has 1 aromatic heterocycles. The molecule has 1 aromatic rings. The average molecular weight is 219 g/mol. The van der Waals surface area contributed by atoms with E-state index >= 15 is 0 Å². The molecule has 0 saturated heterocycles. The highest BCUT2D eigenvalue weighted by Crippen LogP contribution is 2.14. The number of aryl methyl sites for hydroxylation is 1. The zero-order valence-electron chi connectivity index (χ0n) is 9.99. The summed E-state index contributed by atoms with van der Waals surface area (Å²) in [4.78, 5) is 10.7. The summed E-state index contributed by atoms with van der Waals surface area (Å²) in [5, 5.41) is 11.6. The molecule has 0 atom stereocenters. The van der Waals surface area contributed by atoms with Crippen LogP contribution in [0.1, 0.15) is 19.2 Å². The Morgan fingerprint density at radius 3 is 2.81 bits per heavy atom. The zero-order chi connectivity index (χ0) is 12.0. The van der Waals surface area contributed by atoms with Crippen LogP contribution in [0.2, 0.25) is 0 Å². The molecule has 0 unspecified atom stereocenters. The predicted molar refractivity (Wildman–Crippen MR) is 64.5 cm³/mol. The molecule has 0 fully saturated rings. The third-order valence-corrected chi connectivity index (χ3v) is 2.28. The summed E-state index contributed by atoms with van der Waals surface area (Å²) in [5.41, 5.74) is 0. The van der Waals surface area contributed by atoms with Gasteiger partial charge in [-0.05, 0) is 0 Å². The monoisotopic (exact) mass is 219 g/mol. The molecule has 0 spiro atoms. The van der Waals surface area contributed by atoms with E-state index < -0.39 is 0 Å². The lowest BCUT2D eigenvalue weighted by molar-refractivity contribution is 0.854. The molecule has 0 aliphatic carbocycles. The maximum Gasteiger partial charge on any atom is 0.134 e. The third-order valence-electron chi connectivity index (χ3n) is 2.28. The highest BCUT2D eigenvalue weighted by atomic mass is 15.2. The van der Waals surface area contributed by atoms with Gasteiger partial charge in [0.05, 0.1) is 12.5 Å². The van der Waals surface area contributed by atoms with Crippen molar-refractivity contribution in [3.63, 3.8) is 0 Å². The van der Waals surface area contributed by atoms with Crippen LogP contribution in [0.5, 0.6) is 0 Å². The van der Waals surface area contributed by atoms with Gasteiger partial charge in [-0.3, -0.25) is 0 Å². The maximum absolute atomic E-state index is 8.54. The van der Waals surface area contributed by atoms with Gasteiger partial charge in [0.25, 0.3) is 0 Å². The van der Waals surface area contributed by atoms with Crippen LogP contribution >= 0.6 is 0 Å². The first-order chi connectivity index (χ1) is 7.71. The van der Waals surface area contributed by atoms with E-state index in [1.165, 1.54) is 0 Å². The summed E-state index contributed by atoms with van der Waals surface area (Å²) in [7, 11) is 3.76. The number of hydrogen-bond donors (Lipinski definition) is 1. The number of aromatic nitrogens is 2. The molecule has 5 nitrogen and oxygen atoms in total. The Labute approximate surface area is 96.1 Å². The van der Waals surface area contributed by atoms with Crippen LogP contribution in [0.15, 0.2) is 6.07 Å². The fourth-order valence-corrected chi connectivity index (χ4v) is 1.30. The molecule has 1 N–H and O–H groups in total. The average Bonchev–Trinajstić information content (AvgIpc) is 2.35. The second kappa shape index (κ2) is 5.91. The third kappa shape index (κ3) is 3.09. The Bertz CT molecular complexity index is 360. The van der Waals surface area contributed by atoms with E-state index in [2.05, 4.69) is 21.4 Å². The quantitative estimate of drug-likeness (QED) is 0.811. The van der Waals surface area contributed by atoms with E-state index in [0.717, 1.165) is 23.9 Å². The number of hydrogen-bond acceptors (Lipinski definition) is 5. The molecular formula is C11H17N5. The van der Waals surface area contributed by atoms with Gasteiger partial charge in [0, 0.05) is 33.1 Å². The van der Waals surface area contributed by atoms with Crippen LogP contribution in [-0.4, -0.2) is 30.6 Å². The fourth-order valence-electron chi connectivity index (χ4n) is 1.30. The van der Waals surface area contributed by atoms with Gasteiger partial charge < -0.3 is 10.2 Å². The lowest BCUT2D eigenvalue weighted by Gasteiger charge is -2.17. The summed E-state index contributed by atoms with van der Waals surface area (Å²) in [6.07, 6.45) is 1.30. The van der Waals surface area contributed by atoms with E-state index in [0.29, 0.717) is 13.0 Å². The van der Waals surface area contributed by atoms with Crippen LogP contribution in [-0.2, 0) is 6.42 Å². The Balaban J connectivity index is 2.90. The molecule has 0 aliphatic heterocycles. The molecule has 1 rings (SSSR count). The Kier molecular flexibility index (Phi) is 4.52. The zero-order valence-corrected chi connectivity index (χ0v) is 9.99. The molecular weight excluding hydrogens is 202 g/mol. The minimum atomic E-state index is 0.497. The topological polar surface area (TPSA) is 64.8 Å². The van der Waals surface area contributed by atoms with Gasteiger partial charge >= 0.3 is 0 Å². The van der Waals surface area contributed by atoms with Crippen LogP contribution in [0.3, 0.4) is 0 Å². The van der Waals surface area contributed by atoms with E-state index in [1.54, 1.807) is 0 Å².